The Morgan fingerprint density at radius 3 is 2.53 bits per heavy atom. The van der Waals surface area contributed by atoms with E-state index < -0.39 is 41.2 Å². The van der Waals surface area contributed by atoms with Gasteiger partial charge < -0.3 is 19.7 Å². The van der Waals surface area contributed by atoms with Crippen LogP contribution in [0.15, 0.2) is 36.4 Å². The lowest BCUT2D eigenvalue weighted by Crippen LogP contribution is -2.56. The van der Waals surface area contributed by atoms with Crippen LogP contribution < -0.4 is 5.32 Å². The predicted molar refractivity (Wildman–Crippen MR) is 133 cm³/mol. The summed E-state index contributed by atoms with van der Waals surface area (Å²) in [5, 5.41) is 2.95. The molecule has 0 radical (unpaired) electrons. The molecule has 2 fully saturated rings. The van der Waals surface area contributed by atoms with Gasteiger partial charge in [0.15, 0.2) is 0 Å². The number of nitrogens with one attached hydrogen (secondary N) is 1. The molecule has 0 saturated carbocycles. The van der Waals surface area contributed by atoms with E-state index in [4.69, 9.17) is 9.47 Å². The van der Waals surface area contributed by atoms with Crippen molar-refractivity contribution < 1.29 is 28.7 Å². The van der Waals surface area contributed by atoms with Gasteiger partial charge in [-0.15, -0.1) is 6.58 Å². The lowest BCUT2D eigenvalue weighted by Gasteiger charge is -2.37. The van der Waals surface area contributed by atoms with Gasteiger partial charge in [0, 0.05) is 12.2 Å². The zero-order chi connectivity index (χ0) is 26.4. The number of hydrogen-bond acceptors (Lipinski definition) is 6. The van der Waals surface area contributed by atoms with Gasteiger partial charge in [0.25, 0.3) is 0 Å². The third-order valence-corrected chi connectivity index (χ3v) is 7.25. The Hall–Kier alpha value is -3.36. The highest BCUT2D eigenvalue weighted by molar-refractivity contribution is 6.09. The molecule has 0 aromatic heterocycles. The van der Waals surface area contributed by atoms with Crippen molar-refractivity contribution in [2.75, 3.05) is 19.0 Å². The van der Waals surface area contributed by atoms with Crippen molar-refractivity contribution in [2.45, 2.75) is 82.5 Å². The number of rotatable bonds is 4. The van der Waals surface area contributed by atoms with Gasteiger partial charge in [0.2, 0.25) is 11.8 Å². The van der Waals surface area contributed by atoms with Crippen molar-refractivity contribution in [2.24, 2.45) is 0 Å². The summed E-state index contributed by atoms with van der Waals surface area (Å²) in [5.41, 5.74) is 0.340. The molecule has 2 unspecified atom stereocenters. The molecular formula is C27H35N3O6. The number of ether oxygens (including phenoxy) is 2. The standard InChI is InChI=1S/C27H35N3O6/c1-16(2)14-21-27(17-10-7-8-11-18(17)28-24(27)33)15-20(23(32)35-6)30(21)22(31)19-12-9-13-29(19)25(34)36-26(3,4)5/h7-8,10-11,19-21H,1,9,12-15H2,2-6H3,(H,28,33)/t19-,20-,21?,27?/m0/s1. The molecule has 4 atom stereocenters. The molecule has 2 saturated heterocycles. The van der Waals surface area contributed by atoms with E-state index in [2.05, 4.69) is 11.9 Å². The molecule has 36 heavy (non-hydrogen) atoms. The van der Waals surface area contributed by atoms with Crippen LogP contribution in [-0.4, -0.2) is 71.1 Å². The van der Waals surface area contributed by atoms with Crippen molar-refractivity contribution in [1.29, 1.82) is 0 Å². The number of benzene rings is 1. The molecule has 1 N–H and O–H groups in total. The van der Waals surface area contributed by atoms with Crippen molar-refractivity contribution >= 4 is 29.6 Å². The molecule has 3 heterocycles. The topological polar surface area (TPSA) is 105 Å². The first-order valence-corrected chi connectivity index (χ1v) is 12.4. The fourth-order valence-corrected chi connectivity index (χ4v) is 5.84. The zero-order valence-corrected chi connectivity index (χ0v) is 21.6. The molecular weight excluding hydrogens is 462 g/mol. The van der Waals surface area contributed by atoms with E-state index in [9.17, 15) is 19.2 Å². The van der Waals surface area contributed by atoms with Crippen LogP contribution in [-0.2, 0) is 29.3 Å². The molecule has 0 bridgehead atoms. The van der Waals surface area contributed by atoms with E-state index in [1.54, 1.807) is 20.8 Å². The number of carbonyl (C=O) groups excluding carboxylic acids is 4. The van der Waals surface area contributed by atoms with Gasteiger partial charge in [0.05, 0.1) is 18.6 Å². The second-order valence-electron chi connectivity index (χ2n) is 11.0. The molecule has 0 aliphatic carbocycles. The maximum atomic E-state index is 14.2. The van der Waals surface area contributed by atoms with Crippen LogP contribution >= 0.6 is 0 Å². The van der Waals surface area contributed by atoms with Gasteiger partial charge in [-0.3, -0.25) is 14.5 Å². The van der Waals surface area contributed by atoms with Crippen molar-refractivity contribution in [3.63, 3.8) is 0 Å². The third-order valence-electron chi connectivity index (χ3n) is 7.25. The number of hydrogen-bond donors (Lipinski definition) is 1. The maximum Gasteiger partial charge on any atom is 0.410 e. The predicted octanol–water partition coefficient (Wildman–Crippen LogP) is 3.38. The quantitative estimate of drug-likeness (QED) is 0.505. The average Bonchev–Trinajstić information content (AvgIpc) is 3.48. The normalized spacial score (nSPS) is 27.1. The summed E-state index contributed by atoms with van der Waals surface area (Å²) >= 11 is 0. The van der Waals surface area contributed by atoms with Crippen LogP contribution in [0, 0.1) is 0 Å². The van der Waals surface area contributed by atoms with Gasteiger partial charge in [-0.2, -0.15) is 0 Å². The summed E-state index contributed by atoms with van der Waals surface area (Å²) in [6, 6.07) is 4.91. The number of nitrogens with zero attached hydrogens (tertiary/aromatic N) is 2. The Balaban J connectivity index is 1.79. The van der Waals surface area contributed by atoms with Gasteiger partial charge >= 0.3 is 12.1 Å². The van der Waals surface area contributed by atoms with Crippen LogP contribution in [0.1, 0.15) is 58.9 Å². The minimum atomic E-state index is -1.14. The van der Waals surface area contributed by atoms with E-state index in [1.165, 1.54) is 16.9 Å². The molecule has 9 nitrogen and oxygen atoms in total. The Labute approximate surface area is 211 Å². The monoisotopic (exact) mass is 497 g/mol. The smallest absolute Gasteiger partial charge is 0.410 e. The fraction of sp³-hybridized carbons (Fsp3) is 0.556. The maximum absolute atomic E-state index is 14.2. The molecule has 1 aromatic rings. The fourth-order valence-electron chi connectivity index (χ4n) is 5.84. The third kappa shape index (κ3) is 4.24. The van der Waals surface area contributed by atoms with Crippen LogP contribution in [0.2, 0.25) is 0 Å². The lowest BCUT2D eigenvalue weighted by atomic mass is 9.72. The van der Waals surface area contributed by atoms with Crippen LogP contribution in [0.25, 0.3) is 0 Å². The van der Waals surface area contributed by atoms with Gasteiger partial charge in [-0.05, 0) is 65.0 Å². The minimum absolute atomic E-state index is 0.0887. The number of fused-ring (bicyclic) bond motifs is 2. The molecule has 194 valence electrons. The summed E-state index contributed by atoms with van der Waals surface area (Å²) in [7, 11) is 1.27. The number of para-hydroxylation sites is 1. The Morgan fingerprint density at radius 2 is 1.89 bits per heavy atom. The molecule has 4 rings (SSSR count). The lowest BCUT2D eigenvalue weighted by molar-refractivity contribution is -0.154. The highest BCUT2D eigenvalue weighted by atomic mass is 16.6. The Bertz CT molecular complexity index is 1110. The first-order chi connectivity index (χ1) is 16.9. The summed E-state index contributed by atoms with van der Waals surface area (Å²) in [6.45, 7) is 11.6. The second kappa shape index (κ2) is 9.26. The van der Waals surface area contributed by atoms with E-state index in [-0.39, 0.29) is 18.2 Å². The van der Waals surface area contributed by atoms with E-state index in [0.717, 1.165) is 11.1 Å². The number of anilines is 1. The molecule has 3 aliphatic heterocycles. The molecule has 1 aromatic carbocycles. The van der Waals surface area contributed by atoms with E-state index in [1.807, 2.05) is 31.2 Å². The van der Waals surface area contributed by atoms with Crippen LogP contribution in [0.4, 0.5) is 10.5 Å². The molecule has 1 spiro atoms. The number of esters is 1. The molecule has 9 heteroatoms. The highest BCUT2D eigenvalue weighted by Gasteiger charge is 2.64. The summed E-state index contributed by atoms with van der Waals surface area (Å²) in [5.74, 6) is -1.23. The second-order valence-corrected chi connectivity index (χ2v) is 11.0. The first kappa shape index (κ1) is 25.7. The van der Waals surface area contributed by atoms with Crippen molar-refractivity contribution in [3.8, 4) is 0 Å². The van der Waals surface area contributed by atoms with Crippen molar-refractivity contribution in [1.82, 2.24) is 9.80 Å². The zero-order valence-electron chi connectivity index (χ0n) is 21.6. The Morgan fingerprint density at radius 1 is 1.19 bits per heavy atom. The number of amides is 3. The average molecular weight is 498 g/mol. The summed E-state index contributed by atoms with van der Waals surface area (Å²) in [4.78, 5) is 56.8. The van der Waals surface area contributed by atoms with Crippen LogP contribution in [0.5, 0.6) is 0 Å². The summed E-state index contributed by atoms with van der Waals surface area (Å²) in [6.07, 6.45) is 0.914. The first-order valence-electron chi connectivity index (χ1n) is 12.4. The molecule has 3 amide bonds. The largest absolute Gasteiger partial charge is 0.467 e. The number of likely N-dealkylation sites (tertiary alicyclic amines) is 2. The summed E-state index contributed by atoms with van der Waals surface area (Å²) < 4.78 is 10.7. The Kier molecular flexibility index (Phi) is 6.62. The van der Waals surface area contributed by atoms with Gasteiger partial charge in [0.1, 0.15) is 17.7 Å². The highest BCUT2D eigenvalue weighted by Crippen LogP contribution is 2.52. The number of carbonyl (C=O) groups is 4. The van der Waals surface area contributed by atoms with Crippen LogP contribution in [0.3, 0.4) is 0 Å². The van der Waals surface area contributed by atoms with Gasteiger partial charge in [-0.25, -0.2) is 9.59 Å². The minimum Gasteiger partial charge on any atom is -0.467 e. The molecule has 3 aliphatic rings. The van der Waals surface area contributed by atoms with E-state index >= 15 is 0 Å². The van der Waals surface area contributed by atoms with E-state index in [0.29, 0.717) is 31.5 Å². The SMILES string of the molecule is C=C(C)CC1N(C(=O)[C@@H]2CCCN2C(=O)OC(C)(C)C)[C@H](C(=O)OC)CC12C(=O)Nc1ccccc12. The van der Waals surface area contributed by atoms with Gasteiger partial charge in [-0.1, -0.05) is 23.8 Å². The number of methoxy groups -OCH3 is 1. The van der Waals surface area contributed by atoms with Crippen molar-refractivity contribution in [3.05, 3.63) is 42.0 Å².